The average Bonchev–Trinajstić information content (AvgIpc) is 3.29. The number of benzene rings is 2. The van der Waals surface area contributed by atoms with Gasteiger partial charge in [0.2, 0.25) is 0 Å². The Balaban J connectivity index is 1.67. The first-order valence-corrected chi connectivity index (χ1v) is 12.1. The molecule has 0 bridgehead atoms. The van der Waals surface area contributed by atoms with Crippen molar-refractivity contribution in [1.82, 2.24) is 14.7 Å². The summed E-state index contributed by atoms with van der Waals surface area (Å²) in [6, 6.07) is 15.1. The largest absolute Gasteiger partial charge is 0.317 e. The maximum absolute atomic E-state index is 9.62. The average molecular weight is 431 g/mol. The van der Waals surface area contributed by atoms with Gasteiger partial charge in [0.25, 0.3) is 0 Å². The molecule has 0 radical (unpaired) electrons. The zero-order chi connectivity index (χ0) is 21.8. The van der Waals surface area contributed by atoms with Gasteiger partial charge in [-0.3, -0.25) is 0 Å². The van der Waals surface area contributed by atoms with Gasteiger partial charge in [0.15, 0.2) is 5.82 Å². The van der Waals surface area contributed by atoms with E-state index in [1.807, 2.05) is 6.07 Å². The van der Waals surface area contributed by atoms with Crippen molar-refractivity contribution >= 4 is 11.5 Å². The minimum atomic E-state index is 0.519. The summed E-state index contributed by atoms with van der Waals surface area (Å²) in [5.74, 6) is 1.93. The number of hydrogen-bond acceptors (Lipinski definition) is 5. The van der Waals surface area contributed by atoms with E-state index in [1.165, 1.54) is 35.5 Å². The summed E-state index contributed by atoms with van der Waals surface area (Å²) in [6.45, 7) is 8.75. The topological polar surface area (TPSA) is 61.6 Å². The van der Waals surface area contributed by atoms with E-state index in [9.17, 15) is 5.26 Å². The smallest absolute Gasteiger partial charge is 0.173 e. The molecule has 0 saturated carbocycles. The molecule has 0 unspecified atom stereocenters. The Morgan fingerprint density at radius 1 is 1.19 bits per heavy atom. The second kappa shape index (κ2) is 9.72. The number of hydrogen-bond donors (Lipinski definition) is 1. The van der Waals surface area contributed by atoms with E-state index in [-0.39, 0.29) is 0 Å². The summed E-state index contributed by atoms with van der Waals surface area (Å²) < 4.78 is 4.72. The lowest BCUT2D eigenvalue weighted by Gasteiger charge is -2.25. The van der Waals surface area contributed by atoms with E-state index in [2.05, 4.69) is 62.5 Å². The summed E-state index contributed by atoms with van der Waals surface area (Å²) in [6.07, 6.45) is 4.26. The van der Waals surface area contributed by atoms with Crippen molar-refractivity contribution in [1.29, 1.82) is 5.26 Å². The lowest BCUT2D eigenvalue weighted by Crippen LogP contribution is -2.27. The number of nitrogens with one attached hydrogen (secondary N) is 1. The summed E-state index contributed by atoms with van der Waals surface area (Å²) in [5.41, 5.74) is 6.81. The molecule has 3 aromatic rings. The minimum absolute atomic E-state index is 0.519. The fraction of sp³-hybridized carbons (Fsp3) is 0.423. The molecular weight excluding hydrogens is 400 g/mol. The third kappa shape index (κ3) is 4.71. The van der Waals surface area contributed by atoms with Crippen LogP contribution in [0.1, 0.15) is 61.8 Å². The van der Waals surface area contributed by atoms with E-state index < -0.39 is 0 Å². The predicted octanol–water partition coefficient (Wildman–Crippen LogP) is 5.97. The highest BCUT2D eigenvalue weighted by Crippen LogP contribution is 2.35. The van der Waals surface area contributed by atoms with Crippen LogP contribution in [-0.4, -0.2) is 22.4 Å². The molecule has 4 nitrogen and oxygen atoms in total. The Labute approximate surface area is 189 Å². The van der Waals surface area contributed by atoms with Gasteiger partial charge in [0.1, 0.15) is 5.01 Å². The second-order valence-electron chi connectivity index (χ2n) is 8.76. The Morgan fingerprint density at radius 2 is 2.00 bits per heavy atom. The summed E-state index contributed by atoms with van der Waals surface area (Å²) in [5, 5.41) is 14.0. The number of nitrogens with zero attached hydrogens (tertiary/aromatic N) is 3. The van der Waals surface area contributed by atoms with Crippen molar-refractivity contribution in [3.05, 3.63) is 58.7 Å². The van der Waals surface area contributed by atoms with Crippen molar-refractivity contribution in [3.63, 3.8) is 0 Å². The molecule has 2 heterocycles. The monoisotopic (exact) mass is 430 g/mol. The molecule has 5 heteroatoms. The summed E-state index contributed by atoms with van der Waals surface area (Å²) in [4.78, 5) is 4.90. The van der Waals surface area contributed by atoms with E-state index in [0.29, 0.717) is 11.8 Å². The molecule has 0 atom stereocenters. The maximum atomic E-state index is 9.62. The fourth-order valence-electron chi connectivity index (χ4n) is 4.61. The molecule has 2 aromatic carbocycles. The second-order valence-corrected chi connectivity index (χ2v) is 9.51. The molecule has 1 aliphatic rings. The SMILES string of the molecule is CCc1c(-c2nsc(-c3ccc(CC(C)C)c(C#N)c3)n2)cccc1C1CCNCC1. The van der Waals surface area contributed by atoms with Gasteiger partial charge in [-0.2, -0.15) is 9.64 Å². The highest BCUT2D eigenvalue weighted by Gasteiger charge is 2.21. The Morgan fingerprint density at radius 3 is 2.71 bits per heavy atom. The molecule has 31 heavy (non-hydrogen) atoms. The van der Waals surface area contributed by atoms with Crippen LogP contribution >= 0.6 is 11.5 Å². The number of piperidine rings is 1. The van der Waals surface area contributed by atoms with Crippen molar-refractivity contribution in [2.24, 2.45) is 5.92 Å². The number of aromatic nitrogens is 2. The highest BCUT2D eigenvalue weighted by atomic mass is 32.1. The van der Waals surface area contributed by atoms with Crippen LogP contribution in [0, 0.1) is 17.2 Å². The molecule has 0 aliphatic carbocycles. The lowest BCUT2D eigenvalue weighted by molar-refractivity contribution is 0.458. The maximum Gasteiger partial charge on any atom is 0.173 e. The molecule has 4 rings (SSSR count). The van der Waals surface area contributed by atoms with Gasteiger partial charge in [-0.15, -0.1) is 0 Å². The lowest BCUT2D eigenvalue weighted by atomic mass is 9.84. The normalized spacial score (nSPS) is 14.7. The first kappa shape index (κ1) is 21.7. The van der Waals surface area contributed by atoms with Crippen molar-refractivity contribution in [2.75, 3.05) is 13.1 Å². The minimum Gasteiger partial charge on any atom is -0.317 e. The summed E-state index contributed by atoms with van der Waals surface area (Å²) >= 11 is 1.42. The Hall–Kier alpha value is -2.55. The van der Waals surface area contributed by atoms with Crippen molar-refractivity contribution < 1.29 is 0 Å². The van der Waals surface area contributed by atoms with Crippen LogP contribution < -0.4 is 5.32 Å². The van der Waals surface area contributed by atoms with E-state index in [1.54, 1.807) is 0 Å². The van der Waals surface area contributed by atoms with Crippen molar-refractivity contribution in [2.45, 2.75) is 52.4 Å². The van der Waals surface area contributed by atoms with E-state index in [4.69, 9.17) is 9.36 Å². The van der Waals surface area contributed by atoms with Crippen molar-refractivity contribution in [3.8, 4) is 28.0 Å². The first-order chi connectivity index (χ1) is 15.1. The molecular formula is C26H30N4S. The number of nitriles is 1. The predicted molar refractivity (Wildman–Crippen MR) is 128 cm³/mol. The van der Waals surface area contributed by atoms with Gasteiger partial charge in [-0.05, 0) is 84.9 Å². The van der Waals surface area contributed by atoms with Crippen LogP contribution in [0.4, 0.5) is 0 Å². The third-order valence-corrected chi connectivity index (χ3v) is 6.88. The molecule has 1 N–H and O–H groups in total. The third-order valence-electron chi connectivity index (χ3n) is 6.12. The van der Waals surface area contributed by atoms with Crippen LogP contribution in [0.3, 0.4) is 0 Å². The van der Waals surface area contributed by atoms with Gasteiger partial charge in [-0.25, -0.2) is 4.98 Å². The van der Waals surface area contributed by atoms with Crippen LogP contribution in [0.25, 0.3) is 22.0 Å². The zero-order valence-electron chi connectivity index (χ0n) is 18.6. The molecule has 0 spiro atoms. The molecule has 160 valence electrons. The van der Waals surface area contributed by atoms with Crippen LogP contribution in [0.2, 0.25) is 0 Å². The summed E-state index contributed by atoms with van der Waals surface area (Å²) in [7, 11) is 0. The van der Waals surface area contributed by atoms with E-state index in [0.717, 1.165) is 59.0 Å². The Kier molecular flexibility index (Phi) is 6.80. The molecule has 1 fully saturated rings. The molecule has 1 aromatic heterocycles. The number of rotatable bonds is 6. The van der Waals surface area contributed by atoms with E-state index >= 15 is 0 Å². The van der Waals surface area contributed by atoms with Crippen LogP contribution in [0.15, 0.2) is 36.4 Å². The molecule has 1 aliphatic heterocycles. The Bertz CT molecular complexity index is 1090. The zero-order valence-corrected chi connectivity index (χ0v) is 19.4. The molecule has 0 amide bonds. The van der Waals surface area contributed by atoms with Gasteiger partial charge in [0, 0.05) is 11.1 Å². The van der Waals surface area contributed by atoms with Crippen LogP contribution in [-0.2, 0) is 12.8 Å². The van der Waals surface area contributed by atoms with Gasteiger partial charge in [-0.1, -0.05) is 51.1 Å². The highest BCUT2D eigenvalue weighted by molar-refractivity contribution is 7.09. The fourth-order valence-corrected chi connectivity index (χ4v) is 5.28. The molecule has 1 saturated heterocycles. The van der Waals surface area contributed by atoms with Gasteiger partial charge < -0.3 is 5.32 Å². The standard InChI is InChI=1S/C26H30N4S/c1-4-22-23(18-10-12-28-13-11-18)6-5-7-24(22)25-29-26(31-30-25)20-9-8-19(14-17(2)3)21(15-20)16-27/h5-9,15,17-18,28H,4,10-14H2,1-3H3. The quantitative estimate of drug-likeness (QED) is 0.523. The van der Waals surface area contributed by atoms with Gasteiger partial charge >= 0.3 is 0 Å². The first-order valence-electron chi connectivity index (χ1n) is 11.3. The van der Waals surface area contributed by atoms with Crippen LogP contribution in [0.5, 0.6) is 0 Å². The van der Waals surface area contributed by atoms with Gasteiger partial charge in [0.05, 0.1) is 11.6 Å².